The average Bonchev–Trinajstić information content (AvgIpc) is 2.84. The van der Waals surface area contributed by atoms with Crippen LogP contribution in [0.15, 0.2) is 45.0 Å². The van der Waals surface area contributed by atoms with Crippen LogP contribution in [0, 0.1) is 0 Å². The number of hydrogen-bond donors (Lipinski definition) is 5. The second kappa shape index (κ2) is 5.85. The first kappa shape index (κ1) is 15.8. The Kier molecular flexibility index (Phi) is 3.86. The maximum Gasteiger partial charge on any atom is 0.295 e. The van der Waals surface area contributed by atoms with Crippen molar-refractivity contribution in [3.05, 3.63) is 40.4 Å². The zero-order valence-corrected chi connectivity index (χ0v) is 13.4. The Bertz CT molecular complexity index is 973. The fourth-order valence-corrected chi connectivity index (χ4v) is 2.48. The minimum atomic E-state index is -0.871. The summed E-state index contributed by atoms with van der Waals surface area (Å²) in [7, 11) is 0. The van der Waals surface area contributed by atoms with Gasteiger partial charge in [-0.3, -0.25) is 4.79 Å². The van der Waals surface area contributed by atoms with Gasteiger partial charge in [-0.25, -0.2) is 0 Å². The van der Waals surface area contributed by atoms with E-state index in [1.54, 1.807) is 18.2 Å². The lowest BCUT2D eigenvalue weighted by molar-refractivity contribution is 0.0994. The van der Waals surface area contributed by atoms with E-state index in [1.807, 2.05) is 0 Å². The molecule has 0 aliphatic rings. The van der Waals surface area contributed by atoms with Crippen molar-refractivity contribution in [2.45, 2.75) is 0 Å². The molecule has 0 saturated heterocycles. The molecule has 0 saturated carbocycles. The number of hydrogen-bond acceptors (Lipinski definition) is 6. The summed E-state index contributed by atoms with van der Waals surface area (Å²) < 4.78 is 0.755. The Labute approximate surface area is 142 Å². The topological polar surface area (TPSA) is 138 Å². The maximum absolute atomic E-state index is 12.0. The van der Waals surface area contributed by atoms with Gasteiger partial charge < -0.3 is 25.4 Å². The fourth-order valence-electron chi connectivity index (χ4n) is 2.12. The van der Waals surface area contributed by atoms with E-state index in [9.17, 15) is 25.2 Å². The molecule has 5 N–H and O–H groups in total. The van der Waals surface area contributed by atoms with Crippen LogP contribution >= 0.6 is 15.9 Å². The monoisotopic (exact) mass is 391 g/mol. The number of aromatic nitrogens is 1. The standard InChI is InChI=1S/C15H10BrN3O5/c16-7-1-2-9-8(5-7)12(15(24)17-9)18-19-14(23)6-3-10(20)13(22)11(21)4-6/h1-5,17,20-22,24H. The van der Waals surface area contributed by atoms with Crippen LogP contribution in [0.5, 0.6) is 23.1 Å². The largest absolute Gasteiger partial charge is 0.504 e. The molecule has 8 nitrogen and oxygen atoms in total. The quantitative estimate of drug-likeness (QED) is 0.335. The number of H-pyrrole nitrogens is 1. The maximum atomic E-state index is 12.0. The Morgan fingerprint density at radius 1 is 1.04 bits per heavy atom. The summed E-state index contributed by atoms with van der Waals surface area (Å²) in [6, 6.07) is 7.08. The Balaban J connectivity index is 1.98. The lowest BCUT2D eigenvalue weighted by atomic mass is 10.2. The third-order valence-corrected chi connectivity index (χ3v) is 3.76. The van der Waals surface area contributed by atoms with E-state index in [4.69, 9.17) is 0 Å². The second-order valence-corrected chi connectivity index (χ2v) is 5.80. The van der Waals surface area contributed by atoms with Gasteiger partial charge in [0.05, 0.1) is 11.1 Å². The van der Waals surface area contributed by atoms with Crippen molar-refractivity contribution >= 4 is 38.4 Å². The molecular formula is C15H10BrN3O5. The smallest absolute Gasteiger partial charge is 0.295 e. The van der Waals surface area contributed by atoms with E-state index in [-0.39, 0.29) is 17.1 Å². The van der Waals surface area contributed by atoms with Crippen LogP contribution in [-0.2, 0) is 0 Å². The number of aromatic hydroxyl groups is 4. The minimum absolute atomic E-state index is 0.0758. The van der Waals surface area contributed by atoms with Crippen LogP contribution in [-0.4, -0.2) is 31.3 Å². The van der Waals surface area contributed by atoms with Gasteiger partial charge in [0.1, 0.15) is 0 Å². The number of carbonyl (C=O) groups excluding carboxylic acids is 1. The van der Waals surface area contributed by atoms with Gasteiger partial charge in [0, 0.05) is 9.86 Å². The number of phenolic OH excluding ortho intramolecular Hbond substituents is 3. The van der Waals surface area contributed by atoms with Gasteiger partial charge in [-0.05, 0) is 30.3 Å². The zero-order chi connectivity index (χ0) is 17.4. The van der Waals surface area contributed by atoms with E-state index in [1.165, 1.54) is 0 Å². The Morgan fingerprint density at radius 2 is 1.71 bits per heavy atom. The summed E-state index contributed by atoms with van der Waals surface area (Å²) in [4.78, 5) is 14.7. The van der Waals surface area contributed by atoms with Gasteiger partial charge in [0.2, 0.25) is 5.88 Å². The highest BCUT2D eigenvalue weighted by Gasteiger charge is 2.15. The highest BCUT2D eigenvalue weighted by atomic mass is 79.9. The molecule has 0 bridgehead atoms. The predicted octanol–water partition coefficient (Wildman–Crippen LogP) is 3.68. The van der Waals surface area contributed by atoms with Gasteiger partial charge in [-0.15, -0.1) is 10.2 Å². The Hall–Kier alpha value is -3.07. The third kappa shape index (κ3) is 2.76. The molecule has 0 radical (unpaired) electrons. The lowest BCUT2D eigenvalue weighted by Crippen LogP contribution is -1.93. The van der Waals surface area contributed by atoms with E-state index in [2.05, 4.69) is 31.1 Å². The Morgan fingerprint density at radius 3 is 2.38 bits per heavy atom. The molecule has 0 spiro atoms. The van der Waals surface area contributed by atoms with Gasteiger partial charge in [-0.1, -0.05) is 15.9 Å². The van der Waals surface area contributed by atoms with Crippen molar-refractivity contribution in [3.8, 4) is 23.1 Å². The van der Waals surface area contributed by atoms with Gasteiger partial charge >= 0.3 is 0 Å². The zero-order valence-electron chi connectivity index (χ0n) is 11.9. The first-order valence-corrected chi connectivity index (χ1v) is 7.37. The van der Waals surface area contributed by atoms with E-state index >= 15 is 0 Å². The number of azo groups is 1. The molecule has 3 aromatic rings. The first-order valence-electron chi connectivity index (χ1n) is 6.58. The number of carbonyl (C=O) groups is 1. The molecule has 3 rings (SSSR count). The molecule has 24 heavy (non-hydrogen) atoms. The third-order valence-electron chi connectivity index (χ3n) is 3.27. The van der Waals surface area contributed by atoms with E-state index in [0.717, 1.165) is 16.6 Å². The van der Waals surface area contributed by atoms with Crippen molar-refractivity contribution < 1.29 is 25.2 Å². The molecule has 0 unspecified atom stereocenters. The van der Waals surface area contributed by atoms with Gasteiger partial charge in [0.15, 0.2) is 22.9 Å². The summed E-state index contributed by atoms with van der Waals surface area (Å²) >= 11 is 3.30. The lowest BCUT2D eigenvalue weighted by Gasteiger charge is -2.02. The van der Waals surface area contributed by atoms with Crippen molar-refractivity contribution in [3.63, 3.8) is 0 Å². The van der Waals surface area contributed by atoms with E-state index in [0.29, 0.717) is 10.9 Å². The molecule has 1 amide bonds. The van der Waals surface area contributed by atoms with Crippen LogP contribution in [0.25, 0.3) is 10.9 Å². The number of phenols is 3. The number of rotatable bonds is 2. The van der Waals surface area contributed by atoms with Gasteiger partial charge in [-0.2, -0.15) is 0 Å². The molecular weight excluding hydrogens is 382 g/mol. The summed E-state index contributed by atoms with van der Waals surface area (Å²) in [5.74, 6) is -3.18. The number of aromatic amines is 1. The normalized spacial score (nSPS) is 11.4. The first-order chi connectivity index (χ1) is 11.4. The molecule has 1 aromatic heterocycles. The predicted molar refractivity (Wildman–Crippen MR) is 87.9 cm³/mol. The molecule has 0 aliphatic heterocycles. The summed E-state index contributed by atoms with van der Waals surface area (Å²) in [5.41, 5.74) is 0.510. The second-order valence-electron chi connectivity index (χ2n) is 4.88. The van der Waals surface area contributed by atoms with Gasteiger partial charge in [0.25, 0.3) is 5.91 Å². The van der Waals surface area contributed by atoms with Crippen molar-refractivity contribution in [1.29, 1.82) is 0 Å². The van der Waals surface area contributed by atoms with Crippen LogP contribution in [0.1, 0.15) is 10.4 Å². The highest BCUT2D eigenvalue weighted by Crippen LogP contribution is 2.38. The van der Waals surface area contributed by atoms with E-state index < -0.39 is 23.2 Å². The highest BCUT2D eigenvalue weighted by molar-refractivity contribution is 9.10. The number of halogens is 1. The number of benzene rings is 2. The van der Waals surface area contributed by atoms with Crippen molar-refractivity contribution in [2.75, 3.05) is 0 Å². The average molecular weight is 392 g/mol. The molecule has 0 aliphatic carbocycles. The number of nitrogens with zero attached hydrogens (tertiary/aromatic N) is 2. The summed E-state index contributed by atoms with van der Waals surface area (Å²) in [6.07, 6.45) is 0. The van der Waals surface area contributed by atoms with Crippen molar-refractivity contribution in [2.24, 2.45) is 10.2 Å². The molecule has 1 heterocycles. The van der Waals surface area contributed by atoms with Crippen LogP contribution < -0.4 is 0 Å². The molecule has 0 fully saturated rings. The van der Waals surface area contributed by atoms with Crippen LogP contribution in [0.4, 0.5) is 5.69 Å². The number of fused-ring (bicyclic) bond motifs is 1. The molecule has 2 aromatic carbocycles. The SMILES string of the molecule is O=C(N=Nc1c(O)[nH]c2ccc(Br)cc12)c1cc(O)c(O)c(O)c1. The van der Waals surface area contributed by atoms with Crippen LogP contribution in [0.3, 0.4) is 0 Å². The molecule has 122 valence electrons. The number of nitrogens with one attached hydrogen (secondary N) is 1. The summed E-state index contributed by atoms with van der Waals surface area (Å²) in [6.45, 7) is 0. The minimum Gasteiger partial charge on any atom is -0.504 e. The molecule has 0 atom stereocenters. The summed E-state index contributed by atoms with van der Waals surface area (Å²) in [5, 5.41) is 45.7. The van der Waals surface area contributed by atoms with Crippen LogP contribution in [0.2, 0.25) is 0 Å². The molecule has 9 heteroatoms. The van der Waals surface area contributed by atoms with Crippen molar-refractivity contribution in [1.82, 2.24) is 4.98 Å². The number of amides is 1. The fraction of sp³-hybridized carbons (Fsp3) is 0.